The zero-order valence-electron chi connectivity index (χ0n) is 5.45. The second kappa shape index (κ2) is 4.91. The van der Waals surface area contributed by atoms with E-state index in [0.717, 1.165) is 3.57 Å². The minimum Gasteiger partial charge on any atom is -0.478 e. The SMILES string of the molecule is I.O=C(O)c1ccccc1I. The van der Waals surface area contributed by atoms with Crippen LogP contribution in [0.15, 0.2) is 24.3 Å². The van der Waals surface area contributed by atoms with E-state index in [-0.39, 0.29) is 24.0 Å². The number of carboxylic acid groups (broad SMARTS) is 1. The molecule has 1 N–H and O–H groups in total. The third-order valence-electron chi connectivity index (χ3n) is 1.10. The second-order valence-electron chi connectivity index (χ2n) is 1.78. The molecule has 1 aromatic carbocycles. The average molecular weight is 376 g/mol. The van der Waals surface area contributed by atoms with Crippen molar-refractivity contribution in [1.82, 2.24) is 0 Å². The molecule has 0 radical (unpaired) electrons. The summed E-state index contributed by atoms with van der Waals surface area (Å²) >= 11 is 1.99. The van der Waals surface area contributed by atoms with E-state index in [9.17, 15) is 4.79 Å². The highest BCUT2D eigenvalue weighted by molar-refractivity contribution is 14.1. The molecular weight excluding hydrogens is 370 g/mol. The Labute approximate surface area is 95.2 Å². The van der Waals surface area contributed by atoms with E-state index in [1.807, 2.05) is 28.7 Å². The molecule has 2 nitrogen and oxygen atoms in total. The Morgan fingerprint density at radius 1 is 1.36 bits per heavy atom. The smallest absolute Gasteiger partial charge is 0.336 e. The number of hydrogen-bond donors (Lipinski definition) is 1. The Balaban J connectivity index is 0.000001000. The van der Waals surface area contributed by atoms with Crippen molar-refractivity contribution in [1.29, 1.82) is 0 Å². The number of rotatable bonds is 1. The van der Waals surface area contributed by atoms with Crippen LogP contribution in [0.25, 0.3) is 0 Å². The van der Waals surface area contributed by atoms with E-state index in [2.05, 4.69) is 0 Å². The summed E-state index contributed by atoms with van der Waals surface area (Å²) < 4.78 is 0.771. The summed E-state index contributed by atoms with van der Waals surface area (Å²) in [5.41, 5.74) is 0.364. The number of benzene rings is 1. The molecule has 1 rings (SSSR count). The molecule has 0 amide bonds. The molecule has 0 aliphatic rings. The monoisotopic (exact) mass is 376 g/mol. The summed E-state index contributed by atoms with van der Waals surface area (Å²) in [6.07, 6.45) is 0. The molecule has 1 aromatic rings. The molecular formula is C7H6I2O2. The third kappa shape index (κ3) is 2.94. The van der Waals surface area contributed by atoms with Gasteiger partial charge in [-0.1, -0.05) is 12.1 Å². The minimum atomic E-state index is -0.870. The van der Waals surface area contributed by atoms with Gasteiger partial charge in [-0.15, -0.1) is 24.0 Å². The van der Waals surface area contributed by atoms with Crippen LogP contribution in [-0.4, -0.2) is 11.1 Å². The van der Waals surface area contributed by atoms with Gasteiger partial charge in [0.25, 0.3) is 0 Å². The van der Waals surface area contributed by atoms with Crippen molar-refractivity contribution in [2.75, 3.05) is 0 Å². The Kier molecular flexibility index (Phi) is 4.98. The first-order valence-electron chi connectivity index (χ1n) is 2.69. The maximum Gasteiger partial charge on any atom is 0.336 e. The van der Waals surface area contributed by atoms with Crippen molar-refractivity contribution in [2.45, 2.75) is 0 Å². The molecule has 60 valence electrons. The van der Waals surface area contributed by atoms with Crippen LogP contribution >= 0.6 is 46.6 Å². The average Bonchev–Trinajstić information content (AvgIpc) is 1.88. The molecule has 0 heterocycles. The predicted octanol–water partition coefficient (Wildman–Crippen LogP) is 2.61. The van der Waals surface area contributed by atoms with Gasteiger partial charge in [0.1, 0.15) is 0 Å². The van der Waals surface area contributed by atoms with Crippen LogP contribution in [0.3, 0.4) is 0 Å². The Morgan fingerprint density at radius 2 is 1.91 bits per heavy atom. The largest absolute Gasteiger partial charge is 0.478 e. The summed E-state index contributed by atoms with van der Waals surface area (Å²) in [4.78, 5) is 10.4. The van der Waals surface area contributed by atoms with Gasteiger partial charge in [-0.25, -0.2) is 4.79 Å². The van der Waals surface area contributed by atoms with Crippen molar-refractivity contribution < 1.29 is 9.90 Å². The first kappa shape index (κ1) is 11.2. The first-order valence-corrected chi connectivity index (χ1v) is 3.77. The Hall–Kier alpha value is 0.150. The normalized spacial score (nSPS) is 8.45. The van der Waals surface area contributed by atoms with Crippen LogP contribution in [0, 0.1) is 3.57 Å². The van der Waals surface area contributed by atoms with E-state index < -0.39 is 5.97 Å². The molecule has 0 unspecified atom stereocenters. The maximum absolute atomic E-state index is 10.4. The quantitative estimate of drug-likeness (QED) is 0.766. The number of aromatic carboxylic acids is 1. The topological polar surface area (TPSA) is 37.3 Å². The minimum absolute atomic E-state index is 0. The number of hydrogen-bond acceptors (Lipinski definition) is 1. The van der Waals surface area contributed by atoms with Crippen LogP contribution in [0.5, 0.6) is 0 Å². The zero-order chi connectivity index (χ0) is 7.56. The van der Waals surface area contributed by atoms with Gasteiger partial charge in [0.05, 0.1) is 5.56 Å². The summed E-state index contributed by atoms with van der Waals surface area (Å²) in [6.45, 7) is 0. The highest BCUT2D eigenvalue weighted by atomic mass is 127. The van der Waals surface area contributed by atoms with Crippen molar-refractivity contribution >= 4 is 52.5 Å². The van der Waals surface area contributed by atoms with Crippen molar-refractivity contribution in [3.63, 3.8) is 0 Å². The summed E-state index contributed by atoms with van der Waals surface area (Å²) in [7, 11) is 0. The van der Waals surface area contributed by atoms with Crippen LogP contribution in [0.2, 0.25) is 0 Å². The van der Waals surface area contributed by atoms with Gasteiger partial charge in [-0.05, 0) is 34.7 Å². The lowest BCUT2D eigenvalue weighted by Crippen LogP contribution is -1.97. The zero-order valence-corrected chi connectivity index (χ0v) is 9.94. The number of carbonyl (C=O) groups is 1. The molecule has 0 bridgehead atoms. The van der Waals surface area contributed by atoms with Crippen molar-refractivity contribution in [2.24, 2.45) is 0 Å². The lowest BCUT2D eigenvalue weighted by Gasteiger charge is -1.94. The van der Waals surface area contributed by atoms with Gasteiger partial charge in [0.2, 0.25) is 0 Å². The molecule has 0 aliphatic heterocycles. The van der Waals surface area contributed by atoms with Crippen molar-refractivity contribution in [3.05, 3.63) is 33.4 Å². The molecule has 0 aliphatic carbocycles. The molecule has 0 saturated carbocycles. The molecule has 0 aromatic heterocycles. The van der Waals surface area contributed by atoms with E-state index in [1.165, 1.54) is 0 Å². The van der Waals surface area contributed by atoms with Crippen LogP contribution in [0.4, 0.5) is 0 Å². The van der Waals surface area contributed by atoms with Gasteiger partial charge in [-0.3, -0.25) is 0 Å². The molecule has 4 heteroatoms. The van der Waals surface area contributed by atoms with Gasteiger partial charge < -0.3 is 5.11 Å². The highest BCUT2D eigenvalue weighted by Gasteiger charge is 2.04. The maximum atomic E-state index is 10.4. The van der Waals surface area contributed by atoms with E-state index in [1.54, 1.807) is 18.2 Å². The summed E-state index contributed by atoms with van der Waals surface area (Å²) in [5, 5.41) is 8.56. The fourth-order valence-electron chi connectivity index (χ4n) is 0.635. The molecule has 0 spiro atoms. The fraction of sp³-hybridized carbons (Fsp3) is 0. The van der Waals surface area contributed by atoms with Crippen LogP contribution in [-0.2, 0) is 0 Å². The van der Waals surface area contributed by atoms with Gasteiger partial charge in [0, 0.05) is 3.57 Å². The fourth-order valence-corrected chi connectivity index (χ4v) is 1.25. The summed E-state index contributed by atoms with van der Waals surface area (Å²) in [5.74, 6) is -0.870. The number of halogens is 2. The lowest BCUT2D eigenvalue weighted by molar-refractivity contribution is 0.0696. The van der Waals surface area contributed by atoms with Crippen molar-refractivity contribution in [3.8, 4) is 0 Å². The van der Waals surface area contributed by atoms with Gasteiger partial charge >= 0.3 is 5.97 Å². The van der Waals surface area contributed by atoms with E-state index >= 15 is 0 Å². The highest BCUT2D eigenvalue weighted by Crippen LogP contribution is 2.10. The van der Waals surface area contributed by atoms with Gasteiger partial charge in [-0.2, -0.15) is 0 Å². The molecule has 0 fully saturated rings. The van der Waals surface area contributed by atoms with Crippen LogP contribution < -0.4 is 0 Å². The van der Waals surface area contributed by atoms with E-state index in [4.69, 9.17) is 5.11 Å². The van der Waals surface area contributed by atoms with Gasteiger partial charge in [0.15, 0.2) is 0 Å². The lowest BCUT2D eigenvalue weighted by atomic mass is 10.2. The van der Waals surface area contributed by atoms with Crippen LogP contribution in [0.1, 0.15) is 10.4 Å². The molecule has 11 heavy (non-hydrogen) atoms. The molecule has 0 atom stereocenters. The molecule has 0 saturated heterocycles. The standard InChI is InChI=1S/C7H5IO2.HI/c8-6-4-2-1-3-5(6)7(9)10;/h1-4H,(H,9,10);1H. The first-order chi connectivity index (χ1) is 4.72. The second-order valence-corrected chi connectivity index (χ2v) is 2.95. The third-order valence-corrected chi connectivity index (χ3v) is 2.04. The summed E-state index contributed by atoms with van der Waals surface area (Å²) in [6, 6.07) is 6.88. The Bertz CT molecular complexity index is 260. The van der Waals surface area contributed by atoms with E-state index in [0.29, 0.717) is 5.56 Å². The Morgan fingerprint density at radius 3 is 2.27 bits per heavy atom. The predicted molar refractivity (Wildman–Crippen MR) is 61.5 cm³/mol. The number of carboxylic acids is 1.